The lowest BCUT2D eigenvalue weighted by Gasteiger charge is -2.15. The van der Waals surface area contributed by atoms with Gasteiger partial charge in [0.2, 0.25) is 0 Å². The van der Waals surface area contributed by atoms with E-state index in [-0.39, 0.29) is 5.56 Å². The molecule has 0 aliphatic heterocycles. The summed E-state index contributed by atoms with van der Waals surface area (Å²) in [6, 6.07) is 8.79. The molecule has 39 heavy (non-hydrogen) atoms. The molecule has 1 aromatic carbocycles. The normalized spacial score (nSPS) is 13.3. The second kappa shape index (κ2) is 9.83. The van der Waals surface area contributed by atoms with Crippen LogP contribution < -0.4 is 5.56 Å². The zero-order chi connectivity index (χ0) is 27.3. The Kier molecular flexibility index (Phi) is 6.45. The first-order valence-corrected chi connectivity index (χ1v) is 17.3. The first kappa shape index (κ1) is 25.6. The molecule has 0 fully saturated rings. The van der Waals surface area contributed by atoms with Crippen molar-refractivity contribution in [2.45, 2.75) is 45.1 Å². The summed E-state index contributed by atoms with van der Waals surface area (Å²) < 4.78 is 11.8. The minimum absolute atomic E-state index is 0.200. The van der Waals surface area contributed by atoms with Crippen molar-refractivity contribution in [2.75, 3.05) is 6.61 Å². The number of aliphatic hydroxyl groups excluding tert-OH is 1. The molecule has 2 N–H and O–H groups in total. The lowest BCUT2D eigenvalue weighted by atomic mass is 10.1. The van der Waals surface area contributed by atoms with E-state index in [0.717, 1.165) is 33.8 Å². The van der Waals surface area contributed by atoms with Gasteiger partial charge in [0.15, 0.2) is 5.65 Å². The van der Waals surface area contributed by atoms with E-state index in [2.05, 4.69) is 45.0 Å². The van der Waals surface area contributed by atoms with E-state index in [9.17, 15) is 9.90 Å². The Morgan fingerprint density at radius 3 is 2.69 bits per heavy atom. The molecule has 0 spiro atoms. The number of H-pyrrole nitrogens is 1. The molecule has 0 radical (unpaired) electrons. The van der Waals surface area contributed by atoms with Crippen molar-refractivity contribution < 1.29 is 9.84 Å². The summed E-state index contributed by atoms with van der Waals surface area (Å²) in [6.07, 6.45) is 4.24. The molecular formula is C26H30N8O3SSi. The number of rotatable bonds is 9. The molecular weight excluding hydrogens is 532 g/mol. The third-order valence-electron chi connectivity index (χ3n) is 6.89. The first-order valence-electron chi connectivity index (χ1n) is 12.7. The fourth-order valence-electron chi connectivity index (χ4n) is 4.68. The molecule has 11 nitrogen and oxygen atoms in total. The van der Waals surface area contributed by atoms with Crippen molar-refractivity contribution in [3.05, 3.63) is 69.5 Å². The Bertz CT molecular complexity index is 1840. The van der Waals surface area contributed by atoms with E-state index in [0.29, 0.717) is 40.5 Å². The average Bonchev–Trinajstić information content (AvgIpc) is 3.69. The lowest BCUT2D eigenvalue weighted by Crippen LogP contribution is -2.24. The number of nitrogens with one attached hydrogen (secondary N) is 1. The summed E-state index contributed by atoms with van der Waals surface area (Å²) in [7, 11) is 0.659. The molecule has 0 aliphatic carbocycles. The van der Waals surface area contributed by atoms with Crippen molar-refractivity contribution in [1.82, 2.24) is 39.3 Å². The number of ether oxygens (including phenoxy) is 1. The van der Waals surface area contributed by atoms with Gasteiger partial charge in [0.1, 0.15) is 23.4 Å². The van der Waals surface area contributed by atoms with Crippen LogP contribution in [0.2, 0.25) is 25.7 Å². The molecule has 0 saturated carbocycles. The van der Waals surface area contributed by atoms with Crippen LogP contribution in [0, 0.1) is 0 Å². The van der Waals surface area contributed by atoms with Crippen molar-refractivity contribution in [2.24, 2.45) is 7.05 Å². The van der Waals surface area contributed by atoms with Crippen LogP contribution in [0.5, 0.6) is 0 Å². The molecule has 1 unspecified atom stereocenters. The topological polar surface area (TPSA) is 129 Å². The third-order valence-corrected chi connectivity index (χ3v) is 9.72. The number of nitrogens with zero attached hydrogens (tertiary/aromatic N) is 7. The number of aromatic amines is 1. The molecule has 6 rings (SSSR count). The van der Waals surface area contributed by atoms with Crippen molar-refractivity contribution in [3.8, 4) is 0 Å². The standard InChI is InChI=1S/C26H30N8O3SSi/c1-32-21-18(23-24(32)30-25(38-23)22(35)19-8-9-27-31-19)13-28-33(26(21)36)14-16-6-5-7-20-17(16)12-29-34(20)15-37-10-11-39(2,3)4/h5-9,12-13,22,35H,10-11,14-15H2,1-4H3,(H,27,31). The smallest absolute Gasteiger partial charge is 0.291 e. The molecule has 1 atom stereocenters. The van der Waals surface area contributed by atoms with E-state index in [1.165, 1.54) is 16.0 Å². The Labute approximate surface area is 228 Å². The number of aromatic nitrogens is 8. The van der Waals surface area contributed by atoms with Gasteiger partial charge in [-0.25, -0.2) is 14.3 Å². The maximum atomic E-state index is 13.6. The number of thiazole rings is 1. The summed E-state index contributed by atoms with van der Waals surface area (Å²) in [6.45, 7) is 8.42. The highest BCUT2D eigenvalue weighted by Gasteiger charge is 2.23. The van der Waals surface area contributed by atoms with Crippen molar-refractivity contribution in [3.63, 3.8) is 0 Å². The van der Waals surface area contributed by atoms with Gasteiger partial charge in [-0.2, -0.15) is 15.3 Å². The highest BCUT2D eigenvalue weighted by molar-refractivity contribution is 7.19. The Morgan fingerprint density at radius 2 is 1.92 bits per heavy atom. The van der Waals surface area contributed by atoms with E-state index >= 15 is 0 Å². The highest BCUT2D eigenvalue weighted by atomic mass is 32.1. The predicted molar refractivity (Wildman–Crippen MR) is 154 cm³/mol. The van der Waals surface area contributed by atoms with Crippen LogP contribution in [-0.2, 0) is 25.1 Å². The van der Waals surface area contributed by atoms with Gasteiger partial charge in [0.25, 0.3) is 5.56 Å². The van der Waals surface area contributed by atoms with Gasteiger partial charge in [-0.05, 0) is 23.7 Å². The van der Waals surface area contributed by atoms with Crippen LogP contribution in [-0.4, -0.2) is 59.1 Å². The minimum Gasteiger partial charge on any atom is -0.379 e. The molecule has 5 heterocycles. The van der Waals surface area contributed by atoms with Crippen LogP contribution in [0.1, 0.15) is 22.4 Å². The van der Waals surface area contributed by atoms with Gasteiger partial charge in [-0.1, -0.05) is 31.8 Å². The maximum Gasteiger partial charge on any atom is 0.291 e. The molecule has 6 aromatic rings. The largest absolute Gasteiger partial charge is 0.379 e. The summed E-state index contributed by atoms with van der Waals surface area (Å²) in [5, 5.41) is 28.7. The highest BCUT2D eigenvalue weighted by Crippen LogP contribution is 2.34. The van der Waals surface area contributed by atoms with Crippen LogP contribution in [0.3, 0.4) is 0 Å². The fourth-order valence-corrected chi connectivity index (χ4v) is 6.54. The number of hydrogen-bond acceptors (Lipinski definition) is 8. The van der Waals surface area contributed by atoms with Crippen LogP contribution in [0.15, 0.2) is 47.7 Å². The summed E-state index contributed by atoms with van der Waals surface area (Å²) in [4.78, 5) is 18.2. The zero-order valence-corrected chi connectivity index (χ0v) is 24.1. The molecule has 0 aliphatic rings. The van der Waals surface area contributed by atoms with Crippen molar-refractivity contribution in [1.29, 1.82) is 0 Å². The van der Waals surface area contributed by atoms with Gasteiger partial charge in [-0.3, -0.25) is 9.89 Å². The Hall–Kier alpha value is -3.65. The van der Waals surface area contributed by atoms with Gasteiger partial charge < -0.3 is 14.4 Å². The van der Waals surface area contributed by atoms with Gasteiger partial charge >= 0.3 is 0 Å². The zero-order valence-electron chi connectivity index (χ0n) is 22.2. The number of benzene rings is 1. The molecule has 5 aromatic heterocycles. The molecule has 13 heteroatoms. The molecule has 0 bridgehead atoms. The van der Waals surface area contributed by atoms with Crippen LogP contribution in [0.25, 0.3) is 32.2 Å². The first-order chi connectivity index (χ1) is 18.7. The van der Waals surface area contributed by atoms with E-state index in [1.54, 1.807) is 23.0 Å². The average molecular weight is 563 g/mol. The van der Waals surface area contributed by atoms with Crippen LogP contribution >= 0.6 is 11.3 Å². The van der Waals surface area contributed by atoms with E-state index < -0.39 is 14.2 Å². The SMILES string of the molecule is Cn1c2nc(C(O)c3cc[nH]n3)sc2c2cnn(Cc3cccc4c3cnn4COCC[Si](C)(C)C)c(=O)c21. The Balaban J connectivity index is 1.29. The minimum atomic E-state index is -1.15. The molecule has 202 valence electrons. The monoisotopic (exact) mass is 562 g/mol. The number of fused-ring (bicyclic) bond motifs is 4. The molecule has 0 amide bonds. The molecule has 0 saturated heterocycles. The van der Waals surface area contributed by atoms with Gasteiger partial charge in [-0.15, -0.1) is 11.3 Å². The number of hydrogen-bond donors (Lipinski definition) is 2. The van der Waals surface area contributed by atoms with Gasteiger partial charge in [0, 0.05) is 38.7 Å². The van der Waals surface area contributed by atoms with E-state index in [4.69, 9.17) is 4.74 Å². The number of aliphatic hydroxyl groups is 1. The summed E-state index contributed by atoms with van der Waals surface area (Å²) in [5.41, 5.74) is 3.37. The second-order valence-electron chi connectivity index (χ2n) is 10.9. The summed E-state index contributed by atoms with van der Waals surface area (Å²) in [5.74, 6) is 0. The summed E-state index contributed by atoms with van der Waals surface area (Å²) >= 11 is 1.34. The Morgan fingerprint density at radius 1 is 1.13 bits per heavy atom. The fraction of sp³-hybridized carbons (Fsp3) is 0.346. The maximum absolute atomic E-state index is 13.6. The predicted octanol–water partition coefficient (Wildman–Crippen LogP) is 3.86. The number of aryl methyl sites for hydroxylation is 1. The van der Waals surface area contributed by atoms with E-state index in [1.807, 2.05) is 36.1 Å². The quantitative estimate of drug-likeness (QED) is 0.202. The third kappa shape index (κ3) is 4.71. The van der Waals surface area contributed by atoms with Crippen molar-refractivity contribution >= 4 is 51.6 Å². The van der Waals surface area contributed by atoms with Crippen LogP contribution in [0.4, 0.5) is 0 Å². The second-order valence-corrected chi connectivity index (χ2v) is 17.5. The van der Waals surface area contributed by atoms with Gasteiger partial charge in [0.05, 0.1) is 34.8 Å². The lowest BCUT2D eigenvalue weighted by molar-refractivity contribution is 0.0817.